The number of methoxy groups -OCH3 is 1. The molecule has 0 radical (unpaired) electrons. The lowest BCUT2D eigenvalue weighted by Gasteiger charge is -2.30. The summed E-state index contributed by atoms with van der Waals surface area (Å²) in [5.41, 5.74) is 2.11. The van der Waals surface area contributed by atoms with Gasteiger partial charge >= 0.3 is 12.0 Å². The van der Waals surface area contributed by atoms with Gasteiger partial charge in [-0.15, -0.1) is 0 Å². The Kier molecular flexibility index (Phi) is 8.75. The average Bonchev–Trinajstić information content (AvgIpc) is 2.84. The highest BCUT2D eigenvalue weighted by Crippen LogP contribution is 2.36. The van der Waals surface area contributed by atoms with E-state index in [0.717, 1.165) is 25.7 Å². The number of ether oxygens (including phenoxy) is 3. The number of carbonyl (C=O) groups excluding carboxylic acids is 2. The number of para-hydroxylation sites is 1. The number of unbranched alkanes of at least 4 members (excludes halogenated alkanes) is 3. The van der Waals surface area contributed by atoms with Crippen molar-refractivity contribution in [3.8, 4) is 11.5 Å². The first-order valence-electron chi connectivity index (χ1n) is 11.4. The molecule has 1 unspecified atom stereocenters. The van der Waals surface area contributed by atoms with E-state index in [0.29, 0.717) is 40.5 Å². The molecule has 0 aliphatic carbocycles. The molecule has 2 amide bonds. The van der Waals surface area contributed by atoms with E-state index in [1.807, 2.05) is 24.3 Å². The molecule has 2 aromatic carbocycles. The standard InChI is InChI=1S/C26H32N2O5/c1-4-6-7-10-17-33-21-12-9-8-11-20(21)24-22(25(29)32-5-2)23(27-26(30)28-24)18-13-15-19(31-3)16-14-18/h8-9,11-16,24H,4-7,10,17H2,1-3H3,(H2,27,28,30). The van der Waals surface area contributed by atoms with Gasteiger partial charge in [0.15, 0.2) is 0 Å². The first-order chi connectivity index (χ1) is 16.1. The van der Waals surface area contributed by atoms with Crippen LogP contribution >= 0.6 is 0 Å². The van der Waals surface area contributed by atoms with E-state index < -0.39 is 18.0 Å². The van der Waals surface area contributed by atoms with Crippen LogP contribution in [0.5, 0.6) is 11.5 Å². The molecule has 2 aromatic rings. The number of rotatable bonds is 11. The summed E-state index contributed by atoms with van der Waals surface area (Å²) < 4.78 is 16.7. The Morgan fingerprint density at radius 1 is 1.00 bits per heavy atom. The molecule has 1 aliphatic rings. The summed E-state index contributed by atoms with van der Waals surface area (Å²) in [6, 6.07) is 13.5. The maximum atomic E-state index is 13.1. The van der Waals surface area contributed by atoms with Gasteiger partial charge in [0.1, 0.15) is 11.5 Å². The summed E-state index contributed by atoms with van der Waals surface area (Å²) >= 11 is 0. The van der Waals surface area contributed by atoms with Gasteiger partial charge in [-0.3, -0.25) is 0 Å². The number of benzene rings is 2. The molecule has 0 aromatic heterocycles. The minimum absolute atomic E-state index is 0.217. The zero-order valence-corrected chi connectivity index (χ0v) is 19.5. The predicted molar refractivity (Wildman–Crippen MR) is 127 cm³/mol. The van der Waals surface area contributed by atoms with Crippen LogP contribution in [0.2, 0.25) is 0 Å². The van der Waals surface area contributed by atoms with Crippen LogP contribution in [0.15, 0.2) is 54.1 Å². The topological polar surface area (TPSA) is 85.9 Å². The summed E-state index contributed by atoms with van der Waals surface area (Å²) in [6.07, 6.45) is 4.35. The Morgan fingerprint density at radius 2 is 1.76 bits per heavy atom. The molecule has 0 bridgehead atoms. The second-order valence-electron chi connectivity index (χ2n) is 7.72. The highest BCUT2D eigenvalue weighted by Gasteiger charge is 2.35. The molecule has 1 atom stereocenters. The van der Waals surface area contributed by atoms with Crippen molar-refractivity contribution in [2.24, 2.45) is 0 Å². The van der Waals surface area contributed by atoms with E-state index in [1.54, 1.807) is 38.3 Å². The lowest BCUT2D eigenvalue weighted by Crippen LogP contribution is -2.45. The van der Waals surface area contributed by atoms with Crippen LogP contribution in [0.25, 0.3) is 5.70 Å². The summed E-state index contributed by atoms with van der Waals surface area (Å²) in [7, 11) is 1.58. The van der Waals surface area contributed by atoms with Gasteiger partial charge in [0.2, 0.25) is 0 Å². The fourth-order valence-corrected chi connectivity index (χ4v) is 3.77. The molecular formula is C26H32N2O5. The number of hydrogen-bond donors (Lipinski definition) is 2. The number of esters is 1. The van der Waals surface area contributed by atoms with Crippen molar-refractivity contribution in [2.45, 2.75) is 45.6 Å². The van der Waals surface area contributed by atoms with Gasteiger partial charge < -0.3 is 24.8 Å². The molecule has 3 rings (SSSR count). The molecular weight excluding hydrogens is 420 g/mol. The van der Waals surface area contributed by atoms with Gasteiger partial charge in [-0.25, -0.2) is 9.59 Å². The minimum atomic E-state index is -0.721. The molecule has 1 heterocycles. The van der Waals surface area contributed by atoms with E-state index in [9.17, 15) is 9.59 Å². The Morgan fingerprint density at radius 3 is 2.45 bits per heavy atom. The third-order valence-corrected chi connectivity index (χ3v) is 5.43. The van der Waals surface area contributed by atoms with E-state index >= 15 is 0 Å². The van der Waals surface area contributed by atoms with Crippen LogP contribution < -0.4 is 20.1 Å². The average molecular weight is 453 g/mol. The number of carbonyl (C=O) groups is 2. The number of urea groups is 1. The predicted octanol–water partition coefficient (Wildman–Crippen LogP) is 4.98. The van der Waals surface area contributed by atoms with Crippen molar-refractivity contribution in [2.75, 3.05) is 20.3 Å². The van der Waals surface area contributed by atoms with Crippen LogP contribution in [-0.2, 0) is 9.53 Å². The summed E-state index contributed by atoms with van der Waals surface area (Å²) in [4.78, 5) is 25.8. The largest absolute Gasteiger partial charge is 0.497 e. The molecule has 7 heteroatoms. The molecule has 7 nitrogen and oxygen atoms in total. The minimum Gasteiger partial charge on any atom is -0.497 e. The van der Waals surface area contributed by atoms with Crippen LogP contribution in [0.4, 0.5) is 4.79 Å². The van der Waals surface area contributed by atoms with Crippen molar-refractivity contribution < 1.29 is 23.8 Å². The third-order valence-electron chi connectivity index (χ3n) is 5.43. The summed E-state index contributed by atoms with van der Waals surface area (Å²) in [5, 5.41) is 5.67. The molecule has 0 spiro atoms. The van der Waals surface area contributed by atoms with Gasteiger partial charge in [0.05, 0.1) is 37.6 Å². The lowest BCUT2D eigenvalue weighted by atomic mass is 9.92. The summed E-state index contributed by atoms with van der Waals surface area (Å²) in [5.74, 6) is 0.811. The molecule has 2 N–H and O–H groups in total. The highest BCUT2D eigenvalue weighted by atomic mass is 16.5. The fraction of sp³-hybridized carbons (Fsp3) is 0.385. The van der Waals surface area contributed by atoms with Crippen molar-refractivity contribution in [3.63, 3.8) is 0 Å². The van der Waals surface area contributed by atoms with Gasteiger partial charge in [0.25, 0.3) is 0 Å². The highest BCUT2D eigenvalue weighted by molar-refractivity contribution is 6.04. The molecule has 0 saturated carbocycles. The van der Waals surface area contributed by atoms with Crippen LogP contribution in [0.1, 0.15) is 56.7 Å². The summed E-state index contributed by atoms with van der Waals surface area (Å²) in [6.45, 7) is 4.70. The van der Waals surface area contributed by atoms with Crippen molar-refractivity contribution in [3.05, 3.63) is 65.2 Å². The van der Waals surface area contributed by atoms with Gasteiger partial charge in [-0.2, -0.15) is 0 Å². The Hall–Kier alpha value is -3.48. The number of hydrogen-bond acceptors (Lipinski definition) is 5. The monoisotopic (exact) mass is 452 g/mol. The first-order valence-corrected chi connectivity index (χ1v) is 11.4. The second kappa shape index (κ2) is 11.9. The maximum absolute atomic E-state index is 13.1. The Bertz CT molecular complexity index is 984. The maximum Gasteiger partial charge on any atom is 0.338 e. The first kappa shape index (κ1) is 24.2. The molecule has 176 valence electrons. The van der Waals surface area contributed by atoms with E-state index in [4.69, 9.17) is 14.2 Å². The van der Waals surface area contributed by atoms with Crippen molar-refractivity contribution in [1.82, 2.24) is 10.6 Å². The van der Waals surface area contributed by atoms with E-state index in [1.165, 1.54) is 0 Å². The van der Waals surface area contributed by atoms with Crippen molar-refractivity contribution in [1.29, 1.82) is 0 Å². The zero-order chi connectivity index (χ0) is 23.6. The van der Waals surface area contributed by atoms with Crippen LogP contribution in [-0.4, -0.2) is 32.3 Å². The fourth-order valence-electron chi connectivity index (χ4n) is 3.77. The lowest BCUT2D eigenvalue weighted by molar-refractivity contribution is -0.138. The quantitative estimate of drug-likeness (QED) is 0.371. The smallest absolute Gasteiger partial charge is 0.338 e. The van der Waals surface area contributed by atoms with Crippen LogP contribution in [0, 0.1) is 0 Å². The third kappa shape index (κ3) is 6.06. The number of amides is 2. The Balaban J connectivity index is 2.02. The molecule has 33 heavy (non-hydrogen) atoms. The molecule has 1 aliphatic heterocycles. The van der Waals surface area contributed by atoms with E-state index in [-0.39, 0.29) is 6.61 Å². The zero-order valence-electron chi connectivity index (χ0n) is 19.5. The van der Waals surface area contributed by atoms with Gasteiger partial charge in [-0.05, 0) is 49.2 Å². The second-order valence-corrected chi connectivity index (χ2v) is 7.72. The molecule has 0 saturated heterocycles. The van der Waals surface area contributed by atoms with E-state index in [2.05, 4.69) is 17.6 Å². The normalized spacial score (nSPS) is 15.5. The molecule has 0 fully saturated rings. The Labute approximate surface area is 195 Å². The van der Waals surface area contributed by atoms with Gasteiger partial charge in [0, 0.05) is 5.56 Å². The van der Waals surface area contributed by atoms with Crippen molar-refractivity contribution >= 4 is 17.7 Å². The van der Waals surface area contributed by atoms with Crippen LogP contribution in [0.3, 0.4) is 0 Å². The van der Waals surface area contributed by atoms with Gasteiger partial charge in [-0.1, -0.05) is 44.4 Å². The SMILES string of the molecule is CCCCCCOc1ccccc1C1NC(=O)NC(c2ccc(OC)cc2)=C1C(=O)OCC. The number of nitrogens with one attached hydrogen (secondary N) is 2.